The van der Waals surface area contributed by atoms with Gasteiger partial charge in [-0.2, -0.15) is 0 Å². The first-order chi connectivity index (χ1) is 12.7. The predicted molar refractivity (Wildman–Crippen MR) is 103 cm³/mol. The summed E-state index contributed by atoms with van der Waals surface area (Å²) in [4.78, 5) is 22.0. The van der Waals surface area contributed by atoms with Crippen LogP contribution in [0.3, 0.4) is 0 Å². The summed E-state index contributed by atoms with van der Waals surface area (Å²) in [5.41, 5.74) is 3.14. The number of pyridine rings is 2. The lowest BCUT2D eigenvalue weighted by atomic mass is 9.94. The van der Waals surface area contributed by atoms with Crippen molar-refractivity contribution in [3.05, 3.63) is 60.4 Å². The Kier molecular flexibility index (Phi) is 4.63. The summed E-state index contributed by atoms with van der Waals surface area (Å²) in [6.45, 7) is 4.01. The molecule has 1 aromatic carbocycles. The van der Waals surface area contributed by atoms with Gasteiger partial charge in [-0.1, -0.05) is 25.1 Å². The maximum absolute atomic E-state index is 13.1. The molecule has 1 amide bonds. The molecular formula is C21H22N4O. The molecule has 5 heteroatoms. The van der Waals surface area contributed by atoms with Crippen LogP contribution in [0.1, 0.15) is 23.7 Å². The van der Waals surface area contributed by atoms with Gasteiger partial charge in [-0.05, 0) is 43.1 Å². The second kappa shape index (κ2) is 7.22. The minimum Gasteiger partial charge on any atom is -0.348 e. The topological polar surface area (TPSA) is 66.9 Å². The number of hydrogen-bond acceptors (Lipinski definition) is 4. The Morgan fingerprint density at radius 1 is 1.23 bits per heavy atom. The van der Waals surface area contributed by atoms with Crippen LogP contribution in [0.4, 0.5) is 0 Å². The molecule has 26 heavy (non-hydrogen) atoms. The van der Waals surface area contributed by atoms with Gasteiger partial charge in [-0.25, -0.2) is 4.98 Å². The molecule has 0 bridgehead atoms. The first-order valence-electron chi connectivity index (χ1n) is 9.04. The number of piperidine rings is 1. The molecule has 2 atom stereocenters. The van der Waals surface area contributed by atoms with Crippen molar-refractivity contribution in [3.8, 4) is 11.3 Å². The lowest BCUT2D eigenvalue weighted by Crippen LogP contribution is -2.50. The number of aromatic nitrogens is 2. The number of para-hydroxylation sites is 1. The van der Waals surface area contributed by atoms with E-state index in [0.717, 1.165) is 41.7 Å². The molecule has 3 aromatic rings. The van der Waals surface area contributed by atoms with Gasteiger partial charge in [0.1, 0.15) is 0 Å². The monoisotopic (exact) mass is 346 g/mol. The number of carbonyl (C=O) groups is 1. The van der Waals surface area contributed by atoms with Crippen molar-refractivity contribution >= 4 is 16.8 Å². The van der Waals surface area contributed by atoms with E-state index in [1.165, 1.54) is 0 Å². The van der Waals surface area contributed by atoms with Crippen molar-refractivity contribution in [2.24, 2.45) is 5.92 Å². The second-order valence-electron chi connectivity index (χ2n) is 6.86. The molecule has 2 aromatic heterocycles. The third-order valence-corrected chi connectivity index (χ3v) is 5.06. The molecule has 132 valence electrons. The quantitative estimate of drug-likeness (QED) is 0.765. The third kappa shape index (κ3) is 3.30. The van der Waals surface area contributed by atoms with Crippen LogP contribution in [0.25, 0.3) is 22.2 Å². The lowest BCUT2D eigenvalue weighted by molar-refractivity contribution is 0.0917. The maximum atomic E-state index is 13.1. The van der Waals surface area contributed by atoms with Gasteiger partial charge in [0.15, 0.2) is 0 Å². The van der Waals surface area contributed by atoms with Crippen LogP contribution in [0.15, 0.2) is 54.9 Å². The number of carbonyl (C=O) groups excluding carboxylic acids is 1. The number of amides is 1. The van der Waals surface area contributed by atoms with Gasteiger partial charge in [0.25, 0.3) is 5.91 Å². The number of nitrogens with zero attached hydrogens (tertiary/aromatic N) is 2. The van der Waals surface area contributed by atoms with Gasteiger partial charge in [0.05, 0.1) is 16.8 Å². The number of benzene rings is 1. The normalized spacial score (nSPS) is 20.0. The van der Waals surface area contributed by atoms with E-state index in [9.17, 15) is 4.79 Å². The largest absolute Gasteiger partial charge is 0.348 e. The molecule has 2 N–H and O–H groups in total. The van der Waals surface area contributed by atoms with Crippen molar-refractivity contribution < 1.29 is 4.79 Å². The number of nitrogens with one attached hydrogen (secondary N) is 2. The van der Waals surface area contributed by atoms with Crippen LogP contribution in [0.5, 0.6) is 0 Å². The fourth-order valence-corrected chi connectivity index (χ4v) is 3.45. The average Bonchev–Trinajstić information content (AvgIpc) is 2.69. The van der Waals surface area contributed by atoms with E-state index < -0.39 is 0 Å². The standard InChI is InChI=1S/C21H22N4O/c1-14-8-10-23-13-20(14)25-21(26)17-11-19(15-5-4-9-22-12-15)24-18-7-3-2-6-16(17)18/h2-7,9,11-12,14,20,23H,8,10,13H2,1H3,(H,25,26). The summed E-state index contributed by atoms with van der Waals surface area (Å²) in [5, 5.41) is 7.44. The van der Waals surface area contributed by atoms with Gasteiger partial charge in [-0.3, -0.25) is 9.78 Å². The van der Waals surface area contributed by atoms with E-state index in [2.05, 4.69) is 22.5 Å². The van der Waals surface area contributed by atoms with Gasteiger partial charge >= 0.3 is 0 Å². The Morgan fingerprint density at radius 3 is 2.92 bits per heavy atom. The molecule has 1 saturated heterocycles. The molecule has 4 rings (SSSR count). The average molecular weight is 346 g/mol. The van der Waals surface area contributed by atoms with Crippen LogP contribution in [0.2, 0.25) is 0 Å². The fourth-order valence-electron chi connectivity index (χ4n) is 3.45. The Labute approximate surface area is 152 Å². The Morgan fingerprint density at radius 2 is 2.12 bits per heavy atom. The van der Waals surface area contributed by atoms with E-state index >= 15 is 0 Å². The molecular weight excluding hydrogens is 324 g/mol. The zero-order valence-electron chi connectivity index (χ0n) is 14.8. The zero-order valence-corrected chi connectivity index (χ0v) is 14.8. The first kappa shape index (κ1) is 16.7. The first-order valence-corrected chi connectivity index (χ1v) is 9.04. The molecule has 2 unspecified atom stereocenters. The highest BCUT2D eigenvalue weighted by Gasteiger charge is 2.24. The van der Waals surface area contributed by atoms with Gasteiger partial charge in [-0.15, -0.1) is 0 Å². The van der Waals surface area contributed by atoms with E-state index in [0.29, 0.717) is 11.5 Å². The highest BCUT2D eigenvalue weighted by Crippen LogP contribution is 2.25. The van der Waals surface area contributed by atoms with E-state index in [4.69, 9.17) is 4.98 Å². The van der Waals surface area contributed by atoms with Gasteiger partial charge in [0.2, 0.25) is 0 Å². The Bertz CT molecular complexity index is 926. The van der Waals surface area contributed by atoms with Gasteiger partial charge < -0.3 is 10.6 Å². The summed E-state index contributed by atoms with van der Waals surface area (Å²) in [6.07, 6.45) is 4.57. The predicted octanol–water partition coefficient (Wildman–Crippen LogP) is 3.02. The summed E-state index contributed by atoms with van der Waals surface area (Å²) in [7, 11) is 0. The van der Waals surface area contributed by atoms with E-state index in [1.54, 1.807) is 12.4 Å². The number of rotatable bonds is 3. The highest BCUT2D eigenvalue weighted by atomic mass is 16.1. The smallest absolute Gasteiger partial charge is 0.252 e. The third-order valence-electron chi connectivity index (χ3n) is 5.06. The van der Waals surface area contributed by atoms with E-state index in [-0.39, 0.29) is 11.9 Å². The molecule has 0 saturated carbocycles. The molecule has 1 aliphatic rings. The summed E-state index contributed by atoms with van der Waals surface area (Å²) >= 11 is 0. The van der Waals surface area contributed by atoms with Gasteiger partial charge in [0, 0.05) is 35.9 Å². The minimum atomic E-state index is -0.0470. The maximum Gasteiger partial charge on any atom is 0.252 e. The van der Waals surface area contributed by atoms with Crippen LogP contribution in [0, 0.1) is 5.92 Å². The molecule has 0 radical (unpaired) electrons. The van der Waals surface area contributed by atoms with Crippen molar-refractivity contribution in [2.75, 3.05) is 13.1 Å². The molecule has 0 aliphatic carbocycles. The van der Waals surface area contributed by atoms with Crippen LogP contribution in [-0.2, 0) is 0 Å². The fraction of sp³-hybridized carbons (Fsp3) is 0.286. The molecule has 1 aliphatic heterocycles. The molecule has 5 nitrogen and oxygen atoms in total. The summed E-state index contributed by atoms with van der Waals surface area (Å²) < 4.78 is 0. The van der Waals surface area contributed by atoms with Crippen LogP contribution >= 0.6 is 0 Å². The van der Waals surface area contributed by atoms with Crippen molar-refractivity contribution in [2.45, 2.75) is 19.4 Å². The zero-order chi connectivity index (χ0) is 17.9. The van der Waals surface area contributed by atoms with E-state index in [1.807, 2.05) is 42.5 Å². The molecule has 3 heterocycles. The number of fused-ring (bicyclic) bond motifs is 1. The summed E-state index contributed by atoms with van der Waals surface area (Å²) in [5.74, 6) is 0.417. The van der Waals surface area contributed by atoms with Crippen LogP contribution < -0.4 is 10.6 Å². The SMILES string of the molecule is CC1CCNCC1NC(=O)c1cc(-c2cccnc2)nc2ccccc12. The van der Waals surface area contributed by atoms with Crippen molar-refractivity contribution in [3.63, 3.8) is 0 Å². The summed E-state index contributed by atoms with van der Waals surface area (Å²) in [6, 6.07) is 13.6. The number of hydrogen-bond donors (Lipinski definition) is 2. The van der Waals surface area contributed by atoms with Crippen molar-refractivity contribution in [1.82, 2.24) is 20.6 Å². The molecule has 1 fully saturated rings. The Hall–Kier alpha value is -2.79. The minimum absolute atomic E-state index is 0.0470. The highest BCUT2D eigenvalue weighted by molar-refractivity contribution is 6.07. The van der Waals surface area contributed by atoms with Crippen LogP contribution in [-0.4, -0.2) is 35.0 Å². The Balaban J connectivity index is 1.74. The second-order valence-corrected chi connectivity index (χ2v) is 6.86. The molecule has 0 spiro atoms. The lowest BCUT2D eigenvalue weighted by Gasteiger charge is -2.30. The van der Waals surface area contributed by atoms with Crippen molar-refractivity contribution in [1.29, 1.82) is 0 Å².